The van der Waals surface area contributed by atoms with Gasteiger partial charge in [0.2, 0.25) is 0 Å². The first-order chi connectivity index (χ1) is 8.99. The largest absolute Gasteiger partial charge is 0.347 e. The number of benzene rings is 1. The number of nitrogens with one attached hydrogen (secondary N) is 1. The number of nitrogens with zero attached hydrogens (tertiary/aromatic N) is 1. The number of aromatic nitrogens is 2. The second-order valence-electron chi connectivity index (χ2n) is 4.95. The Bertz CT molecular complexity index is 647. The predicted octanol–water partition coefficient (Wildman–Crippen LogP) is 4.92. The van der Waals surface area contributed by atoms with Crippen molar-refractivity contribution in [1.82, 2.24) is 9.97 Å². The second-order valence-corrected chi connectivity index (χ2v) is 6.19. The summed E-state index contributed by atoms with van der Waals surface area (Å²) < 4.78 is 1.81. The third kappa shape index (κ3) is 3.31. The third-order valence-corrected chi connectivity index (χ3v) is 4.18. The van der Waals surface area contributed by atoms with Gasteiger partial charge in [-0.05, 0) is 24.5 Å². The molecular weight excluding hydrogens is 320 g/mol. The summed E-state index contributed by atoms with van der Waals surface area (Å²) in [7, 11) is 0. The van der Waals surface area contributed by atoms with Crippen molar-refractivity contribution in [1.29, 1.82) is 0 Å². The van der Waals surface area contributed by atoms with Gasteiger partial charge in [0.1, 0.15) is 10.5 Å². The minimum atomic E-state index is 0.397. The molecule has 0 aliphatic heterocycles. The van der Waals surface area contributed by atoms with E-state index in [-0.39, 0.29) is 0 Å². The molecule has 0 saturated heterocycles. The Morgan fingerprint density at radius 1 is 1.32 bits per heavy atom. The van der Waals surface area contributed by atoms with Gasteiger partial charge in [0, 0.05) is 22.2 Å². The van der Waals surface area contributed by atoms with Gasteiger partial charge in [0.15, 0.2) is 0 Å². The summed E-state index contributed by atoms with van der Waals surface area (Å²) in [6.07, 6.45) is 0.754. The zero-order valence-corrected chi connectivity index (χ0v) is 13.7. The molecule has 0 aliphatic carbocycles. The van der Waals surface area contributed by atoms with Crippen molar-refractivity contribution in [2.45, 2.75) is 33.1 Å². The number of aryl methyl sites for hydroxylation is 1. The lowest BCUT2D eigenvalue weighted by Gasteiger charge is -2.12. The Kier molecular flexibility index (Phi) is 4.53. The maximum absolute atomic E-state index is 5.41. The molecule has 0 saturated carbocycles. The van der Waals surface area contributed by atoms with Crippen LogP contribution in [0.5, 0.6) is 0 Å². The van der Waals surface area contributed by atoms with Crippen LogP contribution in [-0.2, 0) is 6.42 Å². The summed E-state index contributed by atoms with van der Waals surface area (Å²) in [5.74, 6) is 1.31. The molecular formula is C15H17BrN2S. The summed E-state index contributed by atoms with van der Waals surface area (Å²) in [6.45, 7) is 6.35. The van der Waals surface area contributed by atoms with E-state index in [1.165, 1.54) is 5.56 Å². The van der Waals surface area contributed by atoms with E-state index >= 15 is 0 Å². The minimum Gasteiger partial charge on any atom is -0.347 e. The molecule has 0 radical (unpaired) electrons. The van der Waals surface area contributed by atoms with Gasteiger partial charge in [-0.2, -0.15) is 0 Å². The monoisotopic (exact) mass is 336 g/mol. The van der Waals surface area contributed by atoms with E-state index in [1.54, 1.807) is 0 Å². The summed E-state index contributed by atoms with van der Waals surface area (Å²) >= 11 is 8.97. The van der Waals surface area contributed by atoms with Crippen molar-refractivity contribution in [3.63, 3.8) is 0 Å². The molecule has 2 rings (SSSR count). The van der Waals surface area contributed by atoms with Gasteiger partial charge in [-0.3, -0.25) is 0 Å². The van der Waals surface area contributed by atoms with Gasteiger partial charge in [0.25, 0.3) is 0 Å². The van der Waals surface area contributed by atoms with Gasteiger partial charge in [-0.15, -0.1) is 0 Å². The molecule has 4 heteroatoms. The van der Waals surface area contributed by atoms with Crippen molar-refractivity contribution >= 4 is 28.1 Å². The van der Waals surface area contributed by atoms with Crippen LogP contribution in [0.15, 0.2) is 28.7 Å². The third-order valence-electron chi connectivity index (χ3n) is 3.10. The Balaban J connectivity index is 2.38. The van der Waals surface area contributed by atoms with E-state index in [0.717, 1.165) is 28.0 Å². The smallest absolute Gasteiger partial charge is 0.133 e. The van der Waals surface area contributed by atoms with Crippen molar-refractivity contribution in [2.24, 2.45) is 0 Å². The van der Waals surface area contributed by atoms with Gasteiger partial charge >= 0.3 is 0 Å². The normalized spacial score (nSPS) is 11.0. The average Bonchev–Trinajstić information content (AvgIpc) is 2.30. The predicted molar refractivity (Wildman–Crippen MR) is 85.2 cm³/mol. The van der Waals surface area contributed by atoms with Crippen LogP contribution in [0.1, 0.15) is 42.4 Å². The van der Waals surface area contributed by atoms with Crippen LogP contribution in [-0.4, -0.2) is 9.97 Å². The van der Waals surface area contributed by atoms with Crippen molar-refractivity contribution in [3.05, 3.63) is 56.0 Å². The molecule has 0 amide bonds. The number of hydrogen-bond acceptors (Lipinski definition) is 2. The zero-order chi connectivity index (χ0) is 14.0. The number of aromatic amines is 1. The SMILES string of the molecule is Cc1[nH]c(Cc2ccccc2Br)nc(=S)c1C(C)C. The Labute approximate surface area is 127 Å². The van der Waals surface area contributed by atoms with Crippen LogP contribution in [0.4, 0.5) is 0 Å². The van der Waals surface area contributed by atoms with Crippen LogP contribution >= 0.6 is 28.1 Å². The summed E-state index contributed by atoms with van der Waals surface area (Å²) in [5.41, 5.74) is 3.47. The van der Waals surface area contributed by atoms with E-state index < -0.39 is 0 Å². The molecule has 100 valence electrons. The lowest BCUT2D eigenvalue weighted by molar-refractivity contribution is 0.803. The molecule has 0 bridgehead atoms. The average molecular weight is 337 g/mol. The first-order valence-electron chi connectivity index (χ1n) is 6.32. The highest BCUT2D eigenvalue weighted by molar-refractivity contribution is 9.10. The molecule has 1 aromatic heterocycles. The topological polar surface area (TPSA) is 28.7 Å². The molecule has 2 nitrogen and oxygen atoms in total. The molecule has 19 heavy (non-hydrogen) atoms. The highest BCUT2D eigenvalue weighted by atomic mass is 79.9. The molecule has 1 N–H and O–H groups in total. The zero-order valence-electron chi connectivity index (χ0n) is 11.3. The van der Waals surface area contributed by atoms with Gasteiger partial charge < -0.3 is 4.98 Å². The standard InChI is InChI=1S/C15H17BrN2S/c1-9(2)14-10(3)17-13(18-15(14)19)8-11-6-4-5-7-12(11)16/h4-7,9H,8H2,1-3H3,(H,17,18,19). The van der Waals surface area contributed by atoms with E-state index in [2.05, 4.69) is 52.7 Å². The molecule has 1 aromatic carbocycles. The van der Waals surface area contributed by atoms with Crippen LogP contribution < -0.4 is 0 Å². The summed E-state index contributed by atoms with van der Waals surface area (Å²) in [5, 5.41) is 0. The number of halogens is 1. The fraction of sp³-hybridized carbons (Fsp3) is 0.333. The fourth-order valence-electron chi connectivity index (χ4n) is 2.24. The van der Waals surface area contributed by atoms with Gasteiger partial charge in [-0.1, -0.05) is 60.2 Å². The fourth-order valence-corrected chi connectivity index (χ4v) is 3.16. The lowest BCUT2D eigenvalue weighted by Crippen LogP contribution is -2.05. The Hall–Kier alpha value is -1.00. The molecule has 2 aromatic rings. The van der Waals surface area contributed by atoms with Gasteiger partial charge in [0.05, 0.1) is 0 Å². The molecule has 1 heterocycles. The number of rotatable bonds is 3. The number of hydrogen-bond donors (Lipinski definition) is 1. The minimum absolute atomic E-state index is 0.397. The van der Waals surface area contributed by atoms with E-state index in [0.29, 0.717) is 10.6 Å². The van der Waals surface area contributed by atoms with Crippen molar-refractivity contribution in [2.75, 3.05) is 0 Å². The van der Waals surface area contributed by atoms with Crippen LogP contribution in [0.2, 0.25) is 0 Å². The van der Waals surface area contributed by atoms with Crippen molar-refractivity contribution in [3.8, 4) is 0 Å². The highest BCUT2D eigenvalue weighted by Crippen LogP contribution is 2.21. The van der Waals surface area contributed by atoms with Crippen LogP contribution in [0.25, 0.3) is 0 Å². The maximum Gasteiger partial charge on any atom is 0.133 e. The molecule has 0 fully saturated rings. The Morgan fingerprint density at radius 2 is 2.00 bits per heavy atom. The van der Waals surface area contributed by atoms with Crippen LogP contribution in [0, 0.1) is 11.6 Å². The second kappa shape index (κ2) is 5.97. The van der Waals surface area contributed by atoms with E-state index in [1.807, 2.05) is 18.2 Å². The van der Waals surface area contributed by atoms with Crippen LogP contribution in [0.3, 0.4) is 0 Å². The Morgan fingerprint density at radius 3 is 2.58 bits per heavy atom. The first-order valence-corrected chi connectivity index (χ1v) is 7.52. The molecule has 0 atom stereocenters. The molecule has 0 unspecified atom stereocenters. The van der Waals surface area contributed by atoms with E-state index in [9.17, 15) is 0 Å². The maximum atomic E-state index is 5.41. The van der Waals surface area contributed by atoms with Gasteiger partial charge in [-0.25, -0.2) is 4.98 Å². The highest BCUT2D eigenvalue weighted by Gasteiger charge is 2.10. The van der Waals surface area contributed by atoms with Crippen molar-refractivity contribution < 1.29 is 0 Å². The summed E-state index contributed by atoms with van der Waals surface area (Å²) in [6, 6.07) is 8.17. The quantitative estimate of drug-likeness (QED) is 0.805. The first kappa shape index (κ1) is 14.4. The van der Waals surface area contributed by atoms with E-state index in [4.69, 9.17) is 12.2 Å². The molecule has 0 spiro atoms. The summed E-state index contributed by atoms with van der Waals surface area (Å²) in [4.78, 5) is 7.91. The lowest BCUT2D eigenvalue weighted by atomic mass is 10.0. The molecule has 0 aliphatic rings. The number of H-pyrrole nitrogens is 1.